The van der Waals surface area contributed by atoms with Gasteiger partial charge in [-0.3, -0.25) is 0 Å². The van der Waals surface area contributed by atoms with Crippen LogP contribution in [-0.4, -0.2) is 6.54 Å². The average molecular weight is 433 g/mol. The first kappa shape index (κ1) is 22.3. The molecule has 0 fully saturated rings. The van der Waals surface area contributed by atoms with Crippen molar-refractivity contribution in [2.75, 3.05) is 12.3 Å². The van der Waals surface area contributed by atoms with Gasteiger partial charge >= 0.3 is 0 Å². The van der Waals surface area contributed by atoms with Crippen LogP contribution >= 0.6 is 0 Å². The maximum atomic E-state index is 6.17. The molecule has 0 bridgehead atoms. The van der Waals surface area contributed by atoms with Crippen molar-refractivity contribution < 1.29 is 1.43 Å². The molecule has 4 aromatic carbocycles. The van der Waals surface area contributed by atoms with Crippen LogP contribution in [0, 0.1) is 0 Å². The third-order valence-electron chi connectivity index (χ3n) is 6.05. The summed E-state index contributed by atoms with van der Waals surface area (Å²) in [5, 5.41) is 0. The number of allylic oxidation sites excluding steroid dienone is 3. The number of anilines is 1. The fraction of sp³-hybridized carbons (Fsp3) is 0.0968. The fourth-order valence-corrected chi connectivity index (χ4v) is 4.12. The second-order valence-electron chi connectivity index (χ2n) is 8.29. The van der Waals surface area contributed by atoms with E-state index in [9.17, 15) is 0 Å². The van der Waals surface area contributed by atoms with E-state index in [1.165, 1.54) is 27.8 Å². The Bertz CT molecular complexity index is 1230. The van der Waals surface area contributed by atoms with Crippen molar-refractivity contribution in [2.24, 2.45) is 5.73 Å². The van der Waals surface area contributed by atoms with Crippen molar-refractivity contribution in [3.05, 3.63) is 139 Å². The summed E-state index contributed by atoms with van der Waals surface area (Å²) in [6, 6.07) is 37.5. The molecule has 33 heavy (non-hydrogen) atoms. The van der Waals surface area contributed by atoms with Crippen LogP contribution < -0.4 is 11.5 Å². The van der Waals surface area contributed by atoms with Gasteiger partial charge in [0.05, 0.1) is 0 Å². The molecule has 1 unspecified atom stereocenters. The lowest BCUT2D eigenvalue weighted by molar-refractivity contribution is 0.550. The van der Waals surface area contributed by atoms with Crippen LogP contribution in [0.4, 0.5) is 5.69 Å². The van der Waals surface area contributed by atoms with Crippen molar-refractivity contribution in [2.45, 2.75) is 11.8 Å². The van der Waals surface area contributed by atoms with E-state index in [1.807, 2.05) is 30.3 Å². The van der Waals surface area contributed by atoms with Crippen LogP contribution in [0.25, 0.3) is 22.3 Å². The standard InChI is InChI=1S/C25H23N.C6H7N.H2/c26-19-25(15-5-2-6-16-25)24-14-8-13-23(18-24)22-12-7-11-21(17-22)20-9-3-1-4-10-20;7-6-4-2-1-3-5-6;/h1-15,17-18H,16,19,26H2;1-5H,7H2;1H. The van der Waals surface area contributed by atoms with Gasteiger partial charge in [0.2, 0.25) is 0 Å². The molecule has 1 aliphatic carbocycles. The molecule has 1 atom stereocenters. The summed E-state index contributed by atoms with van der Waals surface area (Å²) in [4.78, 5) is 0. The highest BCUT2D eigenvalue weighted by atomic mass is 14.6. The fourth-order valence-electron chi connectivity index (χ4n) is 4.12. The Balaban J connectivity index is 0.000000350. The number of nitrogens with two attached hydrogens (primary N) is 2. The van der Waals surface area contributed by atoms with E-state index in [0.717, 1.165) is 12.1 Å². The summed E-state index contributed by atoms with van der Waals surface area (Å²) < 4.78 is 0. The summed E-state index contributed by atoms with van der Waals surface area (Å²) in [6.45, 7) is 0.612. The second kappa shape index (κ2) is 10.6. The summed E-state index contributed by atoms with van der Waals surface area (Å²) in [5.41, 5.74) is 18.5. The van der Waals surface area contributed by atoms with Crippen LogP contribution in [0.1, 0.15) is 13.4 Å². The van der Waals surface area contributed by atoms with Gasteiger partial charge in [0.25, 0.3) is 0 Å². The molecule has 0 aromatic heterocycles. The first-order valence-corrected chi connectivity index (χ1v) is 11.3. The zero-order valence-electron chi connectivity index (χ0n) is 18.8. The monoisotopic (exact) mass is 432 g/mol. The van der Waals surface area contributed by atoms with Crippen molar-refractivity contribution in [3.63, 3.8) is 0 Å². The number of rotatable bonds is 4. The van der Waals surface area contributed by atoms with Crippen molar-refractivity contribution >= 4 is 5.69 Å². The Morgan fingerprint density at radius 3 is 1.79 bits per heavy atom. The van der Waals surface area contributed by atoms with Gasteiger partial charge in [0.15, 0.2) is 0 Å². The van der Waals surface area contributed by atoms with Crippen LogP contribution in [0.5, 0.6) is 0 Å². The number of benzene rings is 4. The van der Waals surface area contributed by atoms with E-state index in [1.54, 1.807) is 0 Å². The van der Waals surface area contributed by atoms with E-state index in [-0.39, 0.29) is 6.84 Å². The van der Waals surface area contributed by atoms with Crippen LogP contribution in [0.2, 0.25) is 0 Å². The molecule has 0 heterocycles. The molecule has 0 radical (unpaired) electrons. The molecule has 4 aromatic rings. The number of nitrogen functional groups attached to an aromatic ring is 1. The van der Waals surface area contributed by atoms with Crippen LogP contribution in [0.3, 0.4) is 0 Å². The van der Waals surface area contributed by atoms with Gasteiger partial charge in [-0.1, -0.05) is 115 Å². The summed E-state index contributed by atoms with van der Waals surface area (Å²) in [5.74, 6) is 0. The Labute approximate surface area is 198 Å². The Morgan fingerprint density at radius 2 is 1.21 bits per heavy atom. The summed E-state index contributed by atoms with van der Waals surface area (Å²) in [6.07, 6.45) is 9.61. The normalized spacial score (nSPS) is 16.6. The molecule has 0 spiro atoms. The van der Waals surface area contributed by atoms with Crippen molar-refractivity contribution in [1.29, 1.82) is 0 Å². The lowest BCUT2D eigenvalue weighted by atomic mass is 9.75. The van der Waals surface area contributed by atoms with E-state index in [0.29, 0.717) is 6.54 Å². The average Bonchev–Trinajstić information content (AvgIpc) is 2.90. The Hall–Kier alpha value is -3.88. The van der Waals surface area contributed by atoms with Gasteiger partial charge in [-0.2, -0.15) is 0 Å². The predicted molar refractivity (Wildman–Crippen MR) is 144 cm³/mol. The highest BCUT2D eigenvalue weighted by molar-refractivity contribution is 5.73. The number of hydrogen-bond donors (Lipinski definition) is 2. The van der Waals surface area contributed by atoms with E-state index in [2.05, 4.69) is 103 Å². The molecule has 0 amide bonds. The lowest BCUT2D eigenvalue weighted by Crippen LogP contribution is -2.33. The predicted octanol–water partition coefficient (Wildman–Crippen LogP) is 7.25. The summed E-state index contributed by atoms with van der Waals surface area (Å²) in [7, 11) is 0. The van der Waals surface area contributed by atoms with Gasteiger partial charge in [-0.05, 0) is 52.4 Å². The van der Waals surface area contributed by atoms with Gasteiger partial charge < -0.3 is 11.5 Å². The molecule has 1 aliphatic rings. The maximum Gasteiger partial charge on any atom is 0.0313 e. The van der Waals surface area contributed by atoms with Gasteiger partial charge in [-0.15, -0.1) is 0 Å². The van der Waals surface area contributed by atoms with Gasteiger partial charge in [0, 0.05) is 19.1 Å². The second-order valence-corrected chi connectivity index (χ2v) is 8.29. The number of para-hydroxylation sites is 1. The molecule has 0 aliphatic heterocycles. The van der Waals surface area contributed by atoms with E-state index >= 15 is 0 Å². The molecule has 4 N–H and O–H groups in total. The number of hydrogen-bond acceptors (Lipinski definition) is 2. The van der Waals surface area contributed by atoms with Crippen molar-refractivity contribution in [3.8, 4) is 22.3 Å². The smallest absolute Gasteiger partial charge is 0.0313 e. The molecule has 0 saturated heterocycles. The third kappa shape index (κ3) is 5.49. The van der Waals surface area contributed by atoms with Gasteiger partial charge in [0.1, 0.15) is 0 Å². The largest absolute Gasteiger partial charge is 0.399 e. The minimum absolute atomic E-state index is 0. The quantitative estimate of drug-likeness (QED) is 0.334. The molecule has 2 heteroatoms. The minimum Gasteiger partial charge on any atom is -0.399 e. The minimum atomic E-state index is -0.0954. The summed E-state index contributed by atoms with van der Waals surface area (Å²) >= 11 is 0. The molecular weight excluding hydrogens is 400 g/mol. The first-order chi connectivity index (χ1) is 16.2. The lowest BCUT2D eigenvalue weighted by Gasteiger charge is -2.30. The maximum absolute atomic E-state index is 6.17. The van der Waals surface area contributed by atoms with Crippen LogP contribution in [0.15, 0.2) is 133 Å². The molecule has 0 saturated carbocycles. The third-order valence-corrected chi connectivity index (χ3v) is 6.05. The zero-order valence-corrected chi connectivity index (χ0v) is 18.8. The molecule has 2 nitrogen and oxygen atoms in total. The van der Waals surface area contributed by atoms with Crippen LogP contribution in [-0.2, 0) is 5.41 Å². The van der Waals surface area contributed by atoms with Crippen molar-refractivity contribution in [1.82, 2.24) is 0 Å². The van der Waals surface area contributed by atoms with Gasteiger partial charge in [-0.25, -0.2) is 0 Å². The van der Waals surface area contributed by atoms with E-state index in [4.69, 9.17) is 11.5 Å². The highest BCUT2D eigenvalue weighted by Gasteiger charge is 2.27. The molecule has 5 rings (SSSR count). The highest BCUT2D eigenvalue weighted by Crippen LogP contribution is 2.34. The first-order valence-electron chi connectivity index (χ1n) is 11.3. The Kier molecular flexibility index (Phi) is 7.19. The Morgan fingerprint density at radius 1 is 0.636 bits per heavy atom. The zero-order chi connectivity index (χ0) is 22.9. The molecular formula is C31H32N2. The molecule has 166 valence electrons. The topological polar surface area (TPSA) is 52.0 Å². The van der Waals surface area contributed by atoms with E-state index < -0.39 is 0 Å². The SMILES string of the molecule is NCC1(c2cccc(-c3cccc(-c4ccccc4)c3)c2)C=CC=CC1.Nc1ccccc1.[HH].